The van der Waals surface area contributed by atoms with Crippen molar-refractivity contribution in [2.75, 3.05) is 10.7 Å². The van der Waals surface area contributed by atoms with Gasteiger partial charge in [-0.2, -0.15) is 0 Å². The van der Waals surface area contributed by atoms with E-state index in [1.807, 2.05) is 0 Å². The highest BCUT2D eigenvalue weighted by molar-refractivity contribution is 14.1. The molecule has 0 aromatic carbocycles. The molecule has 0 N–H and O–H groups in total. The predicted octanol–water partition coefficient (Wildman–Crippen LogP) is 1.92. The van der Waals surface area contributed by atoms with Crippen molar-refractivity contribution in [3.05, 3.63) is 17.8 Å². The molecule has 0 aliphatic carbocycles. The molecule has 0 radical (unpaired) electrons. The molecular formula is C10H14INO3S. The van der Waals surface area contributed by atoms with Crippen LogP contribution >= 0.6 is 22.6 Å². The highest BCUT2D eigenvalue weighted by Gasteiger charge is 2.18. The van der Waals surface area contributed by atoms with Gasteiger partial charge in [-0.05, 0) is 18.6 Å². The first-order chi connectivity index (χ1) is 7.38. The minimum Gasteiger partial charge on any atom is -0.329 e. The van der Waals surface area contributed by atoms with Gasteiger partial charge >= 0.3 is 0 Å². The van der Waals surface area contributed by atoms with Gasteiger partial charge in [0.05, 0.1) is 5.69 Å². The summed E-state index contributed by atoms with van der Waals surface area (Å²) in [5, 5.41) is 0.225. The first-order valence-electron chi connectivity index (χ1n) is 4.84. The lowest BCUT2D eigenvalue weighted by Crippen LogP contribution is -2.13. The Balaban J connectivity index is 3.25. The number of carbonyl (C=O) groups excluding carboxylic acids is 1. The zero-order valence-corrected chi connectivity index (χ0v) is 12.2. The molecule has 1 aromatic rings. The van der Waals surface area contributed by atoms with Crippen LogP contribution in [0.2, 0.25) is 0 Å². The van der Waals surface area contributed by atoms with E-state index in [1.54, 1.807) is 10.6 Å². The Hall–Kier alpha value is -0.370. The third-order valence-electron chi connectivity index (χ3n) is 2.20. The summed E-state index contributed by atoms with van der Waals surface area (Å²) in [4.78, 5) is 11.4. The number of carbonyl (C=O) groups is 1. The van der Waals surface area contributed by atoms with E-state index in [4.69, 9.17) is 0 Å². The van der Waals surface area contributed by atoms with E-state index in [-0.39, 0.29) is 10.8 Å². The molecule has 0 fully saturated rings. The summed E-state index contributed by atoms with van der Waals surface area (Å²) in [5.74, 6) is -0.108. The van der Waals surface area contributed by atoms with Gasteiger partial charge in [0.15, 0.2) is 15.6 Å². The summed E-state index contributed by atoms with van der Waals surface area (Å²) in [7, 11) is -3.27. The molecule has 6 heteroatoms. The summed E-state index contributed by atoms with van der Waals surface area (Å²) < 4.78 is 25.6. The molecule has 0 amide bonds. The summed E-state index contributed by atoms with van der Waals surface area (Å²) in [6.45, 7) is 2.01. The maximum Gasteiger partial charge on any atom is 0.190 e. The van der Waals surface area contributed by atoms with Gasteiger partial charge in [0.25, 0.3) is 0 Å². The Labute approximate surface area is 109 Å². The maximum absolute atomic E-state index is 11.5. The average molecular weight is 355 g/mol. The largest absolute Gasteiger partial charge is 0.329 e. The molecule has 1 aromatic heterocycles. The van der Waals surface area contributed by atoms with Crippen LogP contribution in [0.25, 0.3) is 0 Å². The molecule has 1 heterocycles. The molecule has 0 bridgehead atoms. The molecule has 4 nitrogen and oxygen atoms in total. The Kier molecular flexibility index (Phi) is 4.54. The van der Waals surface area contributed by atoms with Gasteiger partial charge < -0.3 is 4.57 Å². The molecule has 0 atom stereocenters. The zero-order chi connectivity index (χ0) is 12.3. The van der Waals surface area contributed by atoms with E-state index in [1.165, 1.54) is 13.0 Å². The highest BCUT2D eigenvalue weighted by Crippen LogP contribution is 2.16. The topological polar surface area (TPSA) is 56.1 Å². The summed E-state index contributed by atoms with van der Waals surface area (Å²) >= 11 is 2.23. The first kappa shape index (κ1) is 13.7. The smallest absolute Gasteiger partial charge is 0.190 e. The summed E-state index contributed by atoms with van der Waals surface area (Å²) in [5.41, 5.74) is 0.463. The number of nitrogens with zero attached hydrogens (tertiary/aromatic N) is 1. The van der Waals surface area contributed by atoms with Crippen molar-refractivity contribution in [1.29, 1.82) is 0 Å². The van der Waals surface area contributed by atoms with Crippen molar-refractivity contribution < 1.29 is 13.2 Å². The van der Waals surface area contributed by atoms with Crippen LogP contribution in [-0.2, 0) is 16.4 Å². The van der Waals surface area contributed by atoms with Crippen molar-refractivity contribution in [1.82, 2.24) is 4.57 Å². The number of rotatable bonds is 5. The molecule has 0 saturated carbocycles. The fourth-order valence-electron chi connectivity index (χ4n) is 1.53. The van der Waals surface area contributed by atoms with E-state index in [0.29, 0.717) is 12.2 Å². The SMILES string of the molecule is CC(=O)c1ccc(S(C)(=O)=O)n1CCCI. The van der Waals surface area contributed by atoms with Gasteiger partial charge in [-0.15, -0.1) is 0 Å². The van der Waals surface area contributed by atoms with Crippen molar-refractivity contribution in [2.24, 2.45) is 0 Å². The minimum absolute atomic E-state index is 0.108. The van der Waals surface area contributed by atoms with Gasteiger partial charge in [0, 0.05) is 24.2 Å². The number of sulfone groups is 1. The van der Waals surface area contributed by atoms with Gasteiger partial charge in [-0.3, -0.25) is 4.79 Å². The van der Waals surface area contributed by atoms with Crippen LogP contribution in [-0.4, -0.2) is 29.5 Å². The van der Waals surface area contributed by atoms with Crippen molar-refractivity contribution in [3.8, 4) is 0 Å². The van der Waals surface area contributed by atoms with Crippen LogP contribution < -0.4 is 0 Å². The van der Waals surface area contributed by atoms with Gasteiger partial charge in [-0.25, -0.2) is 8.42 Å². The minimum atomic E-state index is -3.27. The Bertz CT molecular complexity index is 490. The average Bonchev–Trinajstić information content (AvgIpc) is 2.57. The second-order valence-corrected chi connectivity index (χ2v) is 6.62. The number of hydrogen-bond donors (Lipinski definition) is 0. The van der Waals surface area contributed by atoms with Crippen LogP contribution in [0.15, 0.2) is 17.2 Å². The normalized spacial score (nSPS) is 11.7. The number of aromatic nitrogens is 1. The number of alkyl halides is 1. The molecule has 0 unspecified atom stereocenters. The van der Waals surface area contributed by atoms with Gasteiger partial charge in [-0.1, -0.05) is 22.6 Å². The monoisotopic (exact) mass is 355 g/mol. The van der Waals surface area contributed by atoms with E-state index in [9.17, 15) is 13.2 Å². The fraction of sp³-hybridized carbons (Fsp3) is 0.500. The first-order valence-corrected chi connectivity index (χ1v) is 8.26. The Morgan fingerprint density at radius 1 is 1.44 bits per heavy atom. The molecule has 1 rings (SSSR count). The molecule has 0 aliphatic heterocycles. The Morgan fingerprint density at radius 3 is 2.50 bits per heavy atom. The number of halogens is 1. The quantitative estimate of drug-likeness (QED) is 0.461. The van der Waals surface area contributed by atoms with Crippen LogP contribution in [0.4, 0.5) is 0 Å². The lowest BCUT2D eigenvalue weighted by atomic mass is 10.3. The fourth-order valence-corrected chi connectivity index (χ4v) is 2.77. The van der Waals surface area contributed by atoms with Crippen molar-refractivity contribution in [2.45, 2.75) is 24.9 Å². The Morgan fingerprint density at radius 2 is 2.06 bits per heavy atom. The maximum atomic E-state index is 11.5. The van der Waals surface area contributed by atoms with Crippen molar-refractivity contribution >= 4 is 38.2 Å². The molecule has 0 saturated heterocycles. The van der Waals surface area contributed by atoms with Crippen LogP contribution in [0.5, 0.6) is 0 Å². The molecular weight excluding hydrogens is 341 g/mol. The third-order valence-corrected chi connectivity index (χ3v) is 4.08. The molecule has 0 spiro atoms. The van der Waals surface area contributed by atoms with E-state index >= 15 is 0 Å². The lowest BCUT2D eigenvalue weighted by molar-refractivity contribution is 0.100. The molecule has 16 heavy (non-hydrogen) atoms. The third kappa shape index (κ3) is 3.07. The standard InChI is InChI=1S/C10H14INO3S/c1-8(13)9-4-5-10(16(2,14)15)12(9)7-3-6-11/h4-5H,3,6-7H2,1-2H3. The van der Waals surface area contributed by atoms with E-state index in [0.717, 1.165) is 17.1 Å². The highest BCUT2D eigenvalue weighted by atomic mass is 127. The number of ketones is 1. The number of hydrogen-bond acceptors (Lipinski definition) is 3. The van der Waals surface area contributed by atoms with E-state index in [2.05, 4.69) is 22.6 Å². The van der Waals surface area contributed by atoms with Crippen molar-refractivity contribution in [3.63, 3.8) is 0 Å². The van der Waals surface area contributed by atoms with Crippen LogP contribution in [0.3, 0.4) is 0 Å². The zero-order valence-electron chi connectivity index (χ0n) is 9.23. The molecule has 0 aliphatic rings. The van der Waals surface area contributed by atoms with Crippen LogP contribution in [0, 0.1) is 0 Å². The molecule has 90 valence electrons. The predicted molar refractivity (Wildman–Crippen MR) is 71.1 cm³/mol. The van der Waals surface area contributed by atoms with E-state index < -0.39 is 9.84 Å². The second kappa shape index (κ2) is 5.31. The summed E-state index contributed by atoms with van der Waals surface area (Å²) in [6, 6.07) is 3.07. The van der Waals surface area contributed by atoms with Gasteiger partial charge in [0.1, 0.15) is 5.03 Å². The second-order valence-electron chi connectivity index (χ2n) is 3.58. The lowest BCUT2D eigenvalue weighted by Gasteiger charge is -2.09. The number of Topliss-reactive ketones (excluding diaryl/α,β-unsaturated/α-hetero) is 1. The van der Waals surface area contributed by atoms with Crippen LogP contribution in [0.1, 0.15) is 23.8 Å². The van der Waals surface area contributed by atoms with Gasteiger partial charge in [0.2, 0.25) is 0 Å². The summed E-state index contributed by atoms with van der Waals surface area (Å²) in [6.07, 6.45) is 2.00.